The highest BCUT2D eigenvalue weighted by atomic mass is 14.8. The van der Waals surface area contributed by atoms with Crippen molar-refractivity contribution in [2.24, 2.45) is 4.99 Å². The van der Waals surface area contributed by atoms with Crippen LogP contribution in [0.3, 0.4) is 0 Å². The first-order valence-corrected chi connectivity index (χ1v) is 4.28. The van der Waals surface area contributed by atoms with E-state index in [1.54, 1.807) is 0 Å². The molecule has 1 heteroatoms. The Morgan fingerprint density at radius 3 is 2.92 bits per heavy atom. The maximum atomic E-state index is 4.46. The van der Waals surface area contributed by atoms with E-state index < -0.39 is 0 Å². The molecule has 1 aliphatic rings. The maximum absolute atomic E-state index is 4.46. The van der Waals surface area contributed by atoms with Crippen LogP contribution >= 0.6 is 0 Å². The monoisotopic (exact) mass is 161 g/mol. The van der Waals surface area contributed by atoms with Crippen LogP contribution in [0.25, 0.3) is 0 Å². The van der Waals surface area contributed by atoms with Gasteiger partial charge < -0.3 is 0 Å². The van der Waals surface area contributed by atoms with Gasteiger partial charge in [-0.05, 0) is 32.3 Å². The van der Waals surface area contributed by atoms with Gasteiger partial charge in [-0.2, -0.15) is 0 Å². The van der Waals surface area contributed by atoms with Crippen LogP contribution in [-0.2, 0) is 0 Å². The lowest BCUT2D eigenvalue weighted by Gasteiger charge is -2.09. The highest BCUT2D eigenvalue weighted by Crippen LogP contribution is 2.20. The summed E-state index contributed by atoms with van der Waals surface area (Å²) in [6, 6.07) is 0. The molecule has 0 bridgehead atoms. The second-order valence-electron chi connectivity index (χ2n) is 3.11. The Balaban J connectivity index is 2.96. The van der Waals surface area contributed by atoms with Crippen molar-refractivity contribution in [2.45, 2.75) is 26.7 Å². The van der Waals surface area contributed by atoms with Crippen molar-refractivity contribution in [1.29, 1.82) is 0 Å². The molecule has 12 heavy (non-hydrogen) atoms. The van der Waals surface area contributed by atoms with Crippen molar-refractivity contribution >= 4 is 5.71 Å². The largest absolute Gasteiger partial charge is 0.262 e. The number of aliphatic imine (C=N–C) groups is 1. The summed E-state index contributed by atoms with van der Waals surface area (Å²) in [6.45, 7) is 7.80. The molecule has 64 valence electrons. The van der Waals surface area contributed by atoms with Crippen molar-refractivity contribution < 1.29 is 0 Å². The summed E-state index contributed by atoms with van der Waals surface area (Å²) in [5.41, 5.74) is 3.45. The third kappa shape index (κ3) is 2.19. The van der Waals surface area contributed by atoms with E-state index in [0.29, 0.717) is 0 Å². The first kappa shape index (κ1) is 8.98. The molecular weight excluding hydrogens is 146 g/mol. The van der Waals surface area contributed by atoms with Crippen molar-refractivity contribution in [3.05, 3.63) is 36.1 Å². The van der Waals surface area contributed by atoms with Gasteiger partial charge in [0.1, 0.15) is 0 Å². The average Bonchev–Trinajstić information content (AvgIpc) is 2.04. The number of rotatable bonds is 2. The molecule has 0 aliphatic heterocycles. The van der Waals surface area contributed by atoms with E-state index >= 15 is 0 Å². The Bertz CT molecular complexity index is 263. The van der Waals surface area contributed by atoms with Gasteiger partial charge in [-0.3, -0.25) is 4.99 Å². The van der Waals surface area contributed by atoms with Gasteiger partial charge in [0, 0.05) is 11.4 Å². The van der Waals surface area contributed by atoms with E-state index in [2.05, 4.69) is 23.7 Å². The minimum Gasteiger partial charge on any atom is -0.262 e. The van der Waals surface area contributed by atoms with E-state index in [-0.39, 0.29) is 0 Å². The molecule has 0 aromatic carbocycles. The van der Waals surface area contributed by atoms with Crippen molar-refractivity contribution in [3.63, 3.8) is 0 Å². The average molecular weight is 161 g/mol. The van der Waals surface area contributed by atoms with Crippen LogP contribution in [0.2, 0.25) is 0 Å². The molecular formula is C11H15N. The molecule has 0 N–H and O–H groups in total. The Labute approximate surface area is 74.2 Å². The van der Waals surface area contributed by atoms with Gasteiger partial charge in [0.05, 0.1) is 0 Å². The predicted molar refractivity (Wildman–Crippen MR) is 54.4 cm³/mol. The highest BCUT2D eigenvalue weighted by molar-refractivity contribution is 5.80. The predicted octanol–water partition coefficient (Wildman–Crippen LogP) is 3.26. The summed E-state index contributed by atoms with van der Waals surface area (Å²) < 4.78 is 0. The summed E-state index contributed by atoms with van der Waals surface area (Å²) in [4.78, 5) is 4.46. The molecule has 1 nitrogen and oxygen atoms in total. The fraction of sp³-hybridized carbons (Fsp3) is 0.364. The Morgan fingerprint density at radius 2 is 2.33 bits per heavy atom. The van der Waals surface area contributed by atoms with Gasteiger partial charge in [0.2, 0.25) is 0 Å². The number of nitrogens with zero attached hydrogens (tertiary/aromatic N) is 1. The van der Waals surface area contributed by atoms with Gasteiger partial charge in [-0.15, -0.1) is 0 Å². The standard InChI is InChI=1S/C11H15N/c1-4-10-7-5-6-8-11(10)12-9(2)3/h4-5,7H,1,6,8H2,2-3H3. The molecule has 0 atom stereocenters. The molecule has 0 saturated carbocycles. The Morgan fingerprint density at radius 1 is 1.58 bits per heavy atom. The summed E-state index contributed by atoms with van der Waals surface area (Å²) >= 11 is 0. The highest BCUT2D eigenvalue weighted by Gasteiger charge is 2.03. The van der Waals surface area contributed by atoms with E-state index in [4.69, 9.17) is 0 Å². The zero-order chi connectivity index (χ0) is 8.97. The second-order valence-corrected chi connectivity index (χ2v) is 3.11. The SMILES string of the molecule is C=CC1=C(N=C(C)C)CCC=C1. The Kier molecular flexibility index (Phi) is 3.03. The molecule has 0 spiro atoms. The fourth-order valence-electron chi connectivity index (χ4n) is 1.25. The van der Waals surface area contributed by atoms with Gasteiger partial charge in [0.15, 0.2) is 0 Å². The lowest BCUT2D eigenvalue weighted by molar-refractivity contribution is 0.930. The number of hydrogen-bond acceptors (Lipinski definition) is 1. The lowest BCUT2D eigenvalue weighted by atomic mass is 10.0. The van der Waals surface area contributed by atoms with Crippen LogP contribution in [0.15, 0.2) is 41.1 Å². The maximum Gasteiger partial charge on any atom is 0.0477 e. The van der Waals surface area contributed by atoms with E-state index in [1.807, 2.05) is 19.9 Å². The van der Waals surface area contributed by atoms with E-state index in [0.717, 1.165) is 18.6 Å². The van der Waals surface area contributed by atoms with E-state index in [9.17, 15) is 0 Å². The molecule has 1 aliphatic carbocycles. The third-order valence-electron chi connectivity index (χ3n) is 1.76. The van der Waals surface area contributed by atoms with Gasteiger partial charge in [-0.25, -0.2) is 0 Å². The van der Waals surface area contributed by atoms with Crippen molar-refractivity contribution in [3.8, 4) is 0 Å². The lowest BCUT2D eigenvalue weighted by Crippen LogP contribution is -1.93. The Hall–Kier alpha value is -1.11. The van der Waals surface area contributed by atoms with Crippen LogP contribution in [-0.4, -0.2) is 5.71 Å². The van der Waals surface area contributed by atoms with Crippen molar-refractivity contribution in [2.75, 3.05) is 0 Å². The minimum atomic E-state index is 1.04. The first-order chi connectivity index (χ1) is 5.74. The number of hydrogen-bond donors (Lipinski definition) is 0. The molecule has 0 aromatic rings. The topological polar surface area (TPSA) is 12.4 Å². The van der Waals surface area contributed by atoms with Gasteiger partial charge >= 0.3 is 0 Å². The molecule has 0 fully saturated rings. The van der Waals surface area contributed by atoms with Crippen LogP contribution in [0, 0.1) is 0 Å². The zero-order valence-electron chi connectivity index (χ0n) is 7.80. The normalized spacial score (nSPS) is 16.2. The fourth-order valence-corrected chi connectivity index (χ4v) is 1.25. The second kappa shape index (κ2) is 4.05. The van der Waals surface area contributed by atoms with Crippen LogP contribution in [0.5, 0.6) is 0 Å². The quantitative estimate of drug-likeness (QED) is 0.551. The van der Waals surface area contributed by atoms with E-state index in [1.165, 1.54) is 11.3 Å². The minimum absolute atomic E-state index is 1.04. The molecule has 0 heterocycles. The summed E-state index contributed by atoms with van der Waals surface area (Å²) in [5, 5.41) is 0. The smallest absolute Gasteiger partial charge is 0.0477 e. The zero-order valence-corrected chi connectivity index (χ0v) is 7.80. The van der Waals surface area contributed by atoms with Crippen LogP contribution < -0.4 is 0 Å². The van der Waals surface area contributed by atoms with Crippen molar-refractivity contribution in [1.82, 2.24) is 0 Å². The molecule has 0 radical (unpaired) electrons. The summed E-state index contributed by atoms with van der Waals surface area (Å²) in [6.07, 6.45) is 8.28. The molecule has 0 unspecified atom stereocenters. The molecule has 0 amide bonds. The summed E-state index contributed by atoms with van der Waals surface area (Å²) in [5.74, 6) is 0. The first-order valence-electron chi connectivity index (χ1n) is 4.28. The number of allylic oxidation sites excluding steroid dienone is 5. The molecule has 0 saturated heterocycles. The van der Waals surface area contributed by atoms with Crippen LogP contribution in [0.1, 0.15) is 26.7 Å². The van der Waals surface area contributed by atoms with Gasteiger partial charge in [-0.1, -0.05) is 24.8 Å². The van der Waals surface area contributed by atoms with Gasteiger partial charge in [0.25, 0.3) is 0 Å². The molecule has 0 aromatic heterocycles. The molecule has 1 rings (SSSR count). The summed E-state index contributed by atoms with van der Waals surface area (Å²) in [7, 11) is 0. The van der Waals surface area contributed by atoms with Crippen LogP contribution in [0.4, 0.5) is 0 Å². The third-order valence-corrected chi connectivity index (χ3v) is 1.76.